The van der Waals surface area contributed by atoms with Crippen LogP contribution in [0.3, 0.4) is 0 Å². The number of carbonyl (C=O) groups excluding carboxylic acids is 1. The molecule has 3 heterocycles. The Morgan fingerprint density at radius 2 is 2.14 bits per heavy atom. The van der Waals surface area contributed by atoms with Crippen LogP contribution in [0.1, 0.15) is 25.8 Å². The number of amides is 1. The van der Waals surface area contributed by atoms with Crippen molar-refractivity contribution in [1.82, 2.24) is 14.3 Å². The van der Waals surface area contributed by atoms with Crippen LogP contribution in [0.2, 0.25) is 0 Å². The average Bonchev–Trinajstić information content (AvgIpc) is 2.95. The maximum atomic E-state index is 13.1. The number of fused-ring (bicyclic) bond motifs is 1. The maximum Gasteiger partial charge on any atom is 0.267 e. The fourth-order valence-corrected chi connectivity index (χ4v) is 4.35. The van der Waals surface area contributed by atoms with Crippen molar-refractivity contribution in [3.8, 4) is 0 Å². The van der Waals surface area contributed by atoms with Gasteiger partial charge in [-0.15, -0.1) is 0 Å². The molecule has 7 nitrogen and oxygen atoms in total. The van der Waals surface area contributed by atoms with E-state index in [4.69, 9.17) is 17.0 Å². The van der Waals surface area contributed by atoms with Gasteiger partial charge in [-0.3, -0.25) is 18.9 Å². The first-order chi connectivity index (χ1) is 13.4. The molecule has 1 amide bonds. The quantitative estimate of drug-likeness (QED) is 0.421. The third-order valence-electron chi connectivity index (χ3n) is 4.20. The van der Waals surface area contributed by atoms with Gasteiger partial charge in [0.15, 0.2) is 0 Å². The van der Waals surface area contributed by atoms with E-state index in [1.165, 1.54) is 16.2 Å². The molecule has 1 N–H and O–H groups in total. The van der Waals surface area contributed by atoms with Crippen LogP contribution < -0.4 is 10.9 Å². The number of aromatic nitrogens is 2. The molecule has 0 saturated carbocycles. The van der Waals surface area contributed by atoms with E-state index in [1.54, 1.807) is 36.4 Å². The Hall–Kier alpha value is -2.23. The number of hydrogen-bond acceptors (Lipinski definition) is 7. The van der Waals surface area contributed by atoms with Gasteiger partial charge in [-0.05, 0) is 38.5 Å². The second kappa shape index (κ2) is 8.85. The second-order valence-corrected chi connectivity index (χ2v) is 8.20. The molecule has 2 aromatic rings. The van der Waals surface area contributed by atoms with E-state index in [9.17, 15) is 9.59 Å². The number of ether oxygens (including phenoxy) is 1. The first-order valence-electron chi connectivity index (χ1n) is 8.95. The predicted octanol–water partition coefficient (Wildman–Crippen LogP) is 2.75. The Morgan fingerprint density at radius 3 is 2.82 bits per heavy atom. The summed E-state index contributed by atoms with van der Waals surface area (Å²) in [5, 5.41) is 3.20. The van der Waals surface area contributed by atoms with E-state index in [0.29, 0.717) is 39.4 Å². The summed E-state index contributed by atoms with van der Waals surface area (Å²) in [4.78, 5) is 32.4. The van der Waals surface area contributed by atoms with E-state index in [1.807, 2.05) is 19.9 Å². The zero-order chi connectivity index (χ0) is 20.3. The van der Waals surface area contributed by atoms with E-state index in [-0.39, 0.29) is 17.5 Å². The summed E-state index contributed by atoms with van der Waals surface area (Å²) >= 11 is 6.53. The fraction of sp³-hybridized carbons (Fsp3) is 0.368. The van der Waals surface area contributed by atoms with Crippen LogP contribution >= 0.6 is 24.0 Å². The van der Waals surface area contributed by atoms with Gasteiger partial charge >= 0.3 is 0 Å². The van der Waals surface area contributed by atoms with Gasteiger partial charge in [-0.1, -0.05) is 30.0 Å². The molecular formula is C19H22N4O3S2. The van der Waals surface area contributed by atoms with Gasteiger partial charge in [0.05, 0.1) is 10.5 Å². The minimum atomic E-state index is -0.241. The lowest BCUT2D eigenvalue weighted by Gasteiger charge is -2.18. The number of methoxy groups -OCH3 is 1. The summed E-state index contributed by atoms with van der Waals surface area (Å²) < 4.78 is 7.03. The molecule has 0 atom stereocenters. The maximum absolute atomic E-state index is 13.1. The molecule has 28 heavy (non-hydrogen) atoms. The van der Waals surface area contributed by atoms with Crippen molar-refractivity contribution in [3.05, 3.63) is 45.2 Å². The van der Waals surface area contributed by atoms with E-state index in [2.05, 4.69) is 10.3 Å². The van der Waals surface area contributed by atoms with Crippen LogP contribution in [0.15, 0.2) is 34.1 Å². The predicted molar refractivity (Wildman–Crippen MR) is 117 cm³/mol. The summed E-state index contributed by atoms with van der Waals surface area (Å²) in [6, 6.07) is 5.32. The Balaban J connectivity index is 2.05. The smallest absolute Gasteiger partial charge is 0.267 e. The zero-order valence-corrected chi connectivity index (χ0v) is 17.6. The average molecular weight is 419 g/mol. The van der Waals surface area contributed by atoms with Gasteiger partial charge in [0.25, 0.3) is 11.5 Å². The molecule has 1 saturated heterocycles. The van der Waals surface area contributed by atoms with Crippen molar-refractivity contribution in [2.45, 2.75) is 26.3 Å². The first kappa shape index (κ1) is 20.5. The molecule has 0 unspecified atom stereocenters. The minimum Gasteiger partial charge on any atom is -0.385 e. The third kappa shape index (κ3) is 4.11. The van der Waals surface area contributed by atoms with Crippen molar-refractivity contribution in [2.75, 3.05) is 25.6 Å². The highest BCUT2D eigenvalue weighted by atomic mass is 32.2. The Bertz CT molecular complexity index is 1000. The first-order valence-corrected chi connectivity index (χ1v) is 10.2. The van der Waals surface area contributed by atoms with Crippen molar-refractivity contribution < 1.29 is 9.53 Å². The number of thioether (sulfide) groups is 1. The number of nitrogens with zero attached hydrogens (tertiary/aromatic N) is 3. The standard InChI is InChI=1S/C19H22N4O3S2/c1-12(2)23-18(25)14(28-19(23)27)11-13-16(20-8-6-10-26-3)21-15-7-4-5-9-22(15)17(13)24/h4-5,7,9,11-12,20H,6,8,10H2,1-3H3. The minimum absolute atomic E-state index is 0.0409. The Kier molecular flexibility index (Phi) is 6.48. The Morgan fingerprint density at radius 1 is 1.36 bits per heavy atom. The van der Waals surface area contributed by atoms with Crippen LogP contribution in [0, 0.1) is 0 Å². The number of anilines is 1. The van der Waals surface area contributed by atoms with Crippen molar-refractivity contribution in [3.63, 3.8) is 0 Å². The van der Waals surface area contributed by atoms with Gasteiger partial charge < -0.3 is 10.1 Å². The SMILES string of the molecule is COCCCNc1nc2ccccn2c(=O)c1C=C1SC(=S)N(C(C)C)C1=O. The van der Waals surface area contributed by atoms with E-state index in [0.717, 1.165) is 6.42 Å². The van der Waals surface area contributed by atoms with Crippen molar-refractivity contribution >= 4 is 51.7 Å². The number of hydrogen-bond donors (Lipinski definition) is 1. The Labute approximate surface area is 172 Å². The molecule has 0 aromatic carbocycles. The molecule has 9 heteroatoms. The molecule has 0 aliphatic carbocycles. The topological polar surface area (TPSA) is 75.9 Å². The van der Waals surface area contributed by atoms with Crippen LogP contribution in [0.4, 0.5) is 5.82 Å². The van der Waals surface area contributed by atoms with Crippen LogP contribution in [0.25, 0.3) is 11.7 Å². The monoisotopic (exact) mass is 418 g/mol. The summed E-state index contributed by atoms with van der Waals surface area (Å²) in [7, 11) is 1.64. The van der Waals surface area contributed by atoms with E-state index >= 15 is 0 Å². The highest BCUT2D eigenvalue weighted by Gasteiger charge is 2.34. The van der Waals surface area contributed by atoms with Crippen molar-refractivity contribution in [2.24, 2.45) is 0 Å². The molecule has 0 spiro atoms. The van der Waals surface area contributed by atoms with Crippen LogP contribution in [-0.2, 0) is 9.53 Å². The normalized spacial score (nSPS) is 16.0. The fourth-order valence-electron chi connectivity index (χ4n) is 2.85. The summed E-state index contributed by atoms with van der Waals surface area (Å²) in [5.74, 6) is 0.259. The molecule has 0 bridgehead atoms. The lowest BCUT2D eigenvalue weighted by molar-refractivity contribution is -0.123. The molecule has 1 aliphatic rings. The summed E-state index contributed by atoms with van der Waals surface area (Å²) in [5.41, 5.74) is 0.633. The third-order valence-corrected chi connectivity index (χ3v) is 5.53. The second-order valence-electron chi connectivity index (χ2n) is 6.53. The lowest BCUT2D eigenvalue weighted by atomic mass is 10.2. The van der Waals surface area contributed by atoms with Crippen LogP contribution in [0.5, 0.6) is 0 Å². The molecular weight excluding hydrogens is 396 g/mol. The highest BCUT2D eigenvalue weighted by molar-refractivity contribution is 8.26. The van der Waals surface area contributed by atoms with Gasteiger partial charge in [0, 0.05) is 32.5 Å². The molecule has 148 valence electrons. The van der Waals surface area contributed by atoms with Gasteiger partial charge in [-0.25, -0.2) is 4.98 Å². The zero-order valence-electron chi connectivity index (χ0n) is 16.0. The summed E-state index contributed by atoms with van der Waals surface area (Å²) in [6.45, 7) is 5.00. The molecule has 3 rings (SSSR count). The highest BCUT2D eigenvalue weighted by Crippen LogP contribution is 2.34. The molecule has 0 radical (unpaired) electrons. The van der Waals surface area contributed by atoms with Crippen molar-refractivity contribution in [1.29, 1.82) is 0 Å². The number of pyridine rings is 1. The number of nitrogens with one attached hydrogen (secondary N) is 1. The van der Waals surface area contributed by atoms with Gasteiger partial charge in [0.1, 0.15) is 15.8 Å². The van der Waals surface area contributed by atoms with Gasteiger partial charge in [0.2, 0.25) is 0 Å². The molecule has 2 aromatic heterocycles. The molecule has 1 aliphatic heterocycles. The van der Waals surface area contributed by atoms with Crippen LogP contribution in [-0.4, -0.2) is 50.8 Å². The van der Waals surface area contributed by atoms with E-state index < -0.39 is 0 Å². The number of rotatable bonds is 7. The van der Waals surface area contributed by atoms with Gasteiger partial charge in [-0.2, -0.15) is 0 Å². The summed E-state index contributed by atoms with van der Waals surface area (Å²) in [6.07, 6.45) is 4.02. The molecule has 1 fully saturated rings. The largest absolute Gasteiger partial charge is 0.385 e. The lowest BCUT2D eigenvalue weighted by Crippen LogP contribution is -2.34. The number of carbonyl (C=O) groups is 1. The number of thiocarbonyl (C=S) groups is 1.